The molecule has 1 aliphatic rings. The number of thiazole rings is 1. The van der Waals surface area contributed by atoms with Crippen LogP contribution in [0.3, 0.4) is 0 Å². The molecule has 128 valence electrons. The third-order valence-electron chi connectivity index (χ3n) is 4.55. The van der Waals surface area contributed by atoms with Crippen LogP contribution < -0.4 is 15.4 Å². The van der Waals surface area contributed by atoms with Gasteiger partial charge in [0.15, 0.2) is 5.13 Å². The number of fused-ring (bicyclic) bond motifs is 1. The average Bonchev–Trinajstić information content (AvgIpc) is 3.27. The molecule has 4 rings (SSSR count). The molecule has 0 bridgehead atoms. The van der Waals surface area contributed by atoms with E-state index in [-0.39, 0.29) is 0 Å². The largest absolute Gasteiger partial charge is 0.497 e. The summed E-state index contributed by atoms with van der Waals surface area (Å²) in [6.07, 6.45) is 4.29. The third-order valence-corrected chi connectivity index (χ3v) is 5.46. The Kier molecular flexibility index (Phi) is 4.68. The highest BCUT2D eigenvalue weighted by Crippen LogP contribution is 2.31. The van der Waals surface area contributed by atoms with E-state index in [2.05, 4.69) is 39.9 Å². The van der Waals surface area contributed by atoms with E-state index in [1.54, 1.807) is 18.4 Å². The number of ether oxygens (including phenoxy) is 1. The van der Waals surface area contributed by atoms with E-state index in [4.69, 9.17) is 4.74 Å². The quantitative estimate of drug-likeness (QED) is 0.677. The first kappa shape index (κ1) is 16.1. The second kappa shape index (κ2) is 7.25. The van der Waals surface area contributed by atoms with Gasteiger partial charge in [-0.2, -0.15) is 0 Å². The van der Waals surface area contributed by atoms with Crippen LogP contribution in [0.1, 0.15) is 28.5 Å². The summed E-state index contributed by atoms with van der Waals surface area (Å²) in [5, 5.41) is 7.93. The smallest absolute Gasteiger partial charge is 0.187 e. The predicted molar refractivity (Wildman–Crippen MR) is 103 cm³/mol. The Morgan fingerprint density at radius 3 is 2.84 bits per heavy atom. The minimum absolute atomic E-state index is 0.455. The number of anilines is 2. The highest BCUT2D eigenvalue weighted by atomic mass is 32.1. The van der Waals surface area contributed by atoms with Gasteiger partial charge in [-0.05, 0) is 48.2 Å². The second-order valence-corrected chi connectivity index (χ2v) is 7.27. The fourth-order valence-electron chi connectivity index (χ4n) is 3.24. The minimum atomic E-state index is 0.455. The SMILES string of the molecule is COc1ccc(Nc2ncc(CN[C@@H]3CCc4ccccc43)s2)cc1. The Morgan fingerprint density at radius 1 is 1.16 bits per heavy atom. The van der Waals surface area contributed by atoms with Crippen molar-refractivity contribution in [3.8, 4) is 5.75 Å². The van der Waals surface area contributed by atoms with Crippen molar-refractivity contribution in [2.75, 3.05) is 12.4 Å². The molecule has 0 amide bonds. The molecule has 0 radical (unpaired) electrons. The molecule has 0 aliphatic heterocycles. The van der Waals surface area contributed by atoms with E-state index in [1.165, 1.54) is 28.8 Å². The van der Waals surface area contributed by atoms with Crippen LogP contribution >= 0.6 is 11.3 Å². The number of benzene rings is 2. The summed E-state index contributed by atoms with van der Waals surface area (Å²) in [5.74, 6) is 0.853. The van der Waals surface area contributed by atoms with Crippen molar-refractivity contribution in [2.24, 2.45) is 0 Å². The van der Waals surface area contributed by atoms with Crippen molar-refractivity contribution < 1.29 is 4.74 Å². The lowest BCUT2D eigenvalue weighted by Gasteiger charge is -2.12. The molecule has 0 saturated heterocycles. The Bertz CT molecular complexity index is 844. The third kappa shape index (κ3) is 3.67. The van der Waals surface area contributed by atoms with Crippen molar-refractivity contribution in [1.82, 2.24) is 10.3 Å². The monoisotopic (exact) mass is 351 g/mol. The highest BCUT2D eigenvalue weighted by Gasteiger charge is 2.21. The molecule has 1 aromatic heterocycles. The van der Waals surface area contributed by atoms with Gasteiger partial charge in [0.05, 0.1) is 7.11 Å². The zero-order valence-electron chi connectivity index (χ0n) is 14.2. The Morgan fingerprint density at radius 2 is 2.00 bits per heavy atom. The van der Waals surface area contributed by atoms with E-state index in [9.17, 15) is 0 Å². The fraction of sp³-hybridized carbons (Fsp3) is 0.250. The summed E-state index contributed by atoms with van der Waals surface area (Å²) in [6.45, 7) is 0.848. The van der Waals surface area contributed by atoms with Gasteiger partial charge in [-0.1, -0.05) is 24.3 Å². The van der Waals surface area contributed by atoms with Gasteiger partial charge in [0.2, 0.25) is 0 Å². The molecule has 25 heavy (non-hydrogen) atoms. The van der Waals surface area contributed by atoms with Gasteiger partial charge in [-0.15, -0.1) is 11.3 Å². The summed E-state index contributed by atoms with van der Waals surface area (Å²) in [4.78, 5) is 5.72. The Balaban J connectivity index is 1.35. The Hall–Kier alpha value is -2.37. The van der Waals surface area contributed by atoms with E-state index < -0.39 is 0 Å². The molecule has 2 aromatic carbocycles. The van der Waals surface area contributed by atoms with E-state index in [1.807, 2.05) is 30.5 Å². The van der Waals surface area contributed by atoms with Gasteiger partial charge < -0.3 is 15.4 Å². The zero-order chi connectivity index (χ0) is 17.1. The number of hydrogen-bond donors (Lipinski definition) is 2. The van der Waals surface area contributed by atoms with Crippen molar-refractivity contribution in [3.05, 3.63) is 70.7 Å². The molecule has 1 aliphatic carbocycles. The number of aryl methyl sites for hydroxylation is 1. The van der Waals surface area contributed by atoms with Crippen molar-refractivity contribution in [2.45, 2.75) is 25.4 Å². The van der Waals surface area contributed by atoms with Crippen molar-refractivity contribution in [1.29, 1.82) is 0 Å². The van der Waals surface area contributed by atoms with Crippen molar-refractivity contribution >= 4 is 22.2 Å². The van der Waals surface area contributed by atoms with Crippen LogP contribution in [0, 0.1) is 0 Å². The van der Waals surface area contributed by atoms with E-state index in [0.717, 1.165) is 23.1 Å². The molecule has 5 heteroatoms. The first-order valence-electron chi connectivity index (χ1n) is 8.49. The number of aromatic nitrogens is 1. The summed E-state index contributed by atoms with van der Waals surface area (Å²) in [6, 6.07) is 17.1. The van der Waals surface area contributed by atoms with Gasteiger partial charge in [-0.25, -0.2) is 4.98 Å². The number of methoxy groups -OCH3 is 1. The minimum Gasteiger partial charge on any atom is -0.497 e. The standard InChI is InChI=1S/C20H21N3OS/c1-24-16-9-7-15(8-10-16)23-20-22-13-17(25-20)12-21-19-11-6-14-4-2-3-5-18(14)19/h2-5,7-10,13,19,21H,6,11-12H2,1H3,(H,22,23)/t19-/m1/s1. The maximum absolute atomic E-state index is 5.18. The molecule has 3 aromatic rings. The maximum Gasteiger partial charge on any atom is 0.187 e. The fourth-order valence-corrected chi connectivity index (χ4v) is 4.02. The number of rotatable bonds is 6. The number of hydrogen-bond acceptors (Lipinski definition) is 5. The number of nitrogens with one attached hydrogen (secondary N) is 2. The second-order valence-electron chi connectivity index (χ2n) is 6.16. The lowest BCUT2D eigenvalue weighted by Crippen LogP contribution is -2.17. The predicted octanol–water partition coefficient (Wildman–Crippen LogP) is 4.67. The average molecular weight is 351 g/mol. The first-order chi connectivity index (χ1) is 12.3. The van der Waals surface area contributed by atoms with Gasteiger partial charge >= 0.3 is 0 Å². The maximum atomic E-state index is 5.18. The summed E-state index contributed by atoms with van der Waals surface area (Å²) < 4.78 is 5.18. The normalized spacial score (nSPS) is 15.8. The molecule has 1 atom stereocenters. The Labute approximate surface area is 151 Å². The zero-order valence-corrected chi connectivity index (χ0v) is 15.0. The highest BCUT2D eigenvalue weighted by molar-refractivity contribution is 7.15. The molecule has 0 fully saturated rings. The lowest BCUT2D eigenvalue weighted by molar-refractivity contribution is 0.415. The van der Waals surface area contributed by atoms with Crippen LogP contribution in [0.25, 0.3) is 0 Å². The van der Waals surface area contributed by atoms with Crippen LogP contribution in [-0.4, -0.2) is 12.1 Å². The van der Waals surface area contributed by atoms with Crippen LogP contribution in [0.5, 0.6) is 5.75 Å². The summed E-state index contributed by atoms with van der Waals surface area (Å²) >= 11 is 1.69. The first-order valence-corrected chi connectivity index (χ1v) is 9.30. The van der Waals surface area contributed by atoms with Gasteiger partial charge in [0.25, 0.3) is 0 Å². The van der Waals surface area contributed by atoms with Crippen molar-refractivity contribution in [3.63, 3.8) is 0 Å². The number of nitrogens with zero attached hydrogens (tertiary/aromatic N) is 1. The molecule has 0 saturated carbocycles. The van der Waals surface area contributed by atoms with Gasteiger partial charge in [0.1, 0.15) is 5.75 Å². The van der Waals surface area contributed by atoms with Crippen LogP contribution in [0.4, 0.5) is 10.8 Å². The van der Waals surface area contributed by atoms with Crippen LogP contribution in [-0.2, 0) is 13.0 Å². The van der Waals surface area contributed by atoms with Crippen LogP contribution in [0.15, 0.2) is 54.7 Å². The molecule has 4 nitrogen and oxygen atoms in total. The molecule has 1 heterocycles. The van der Waals surface area contributed by atoms with Gasteiger partial charge in [-0.3, -0.25) is 0 Å². The summed E-state index contributed by atoms with van der Waals surface area (Å²) in [7, 11) is 1.67. The lowest BCUT2D eigenvalue weighted by atomic mass is 10.1. The molecule has 2 N–H and O–H groups in total. The van der Waals surface area contributed by atoms with Crippen LogP contribution in [0.2, 0.25) is 0 Å². The molecular formula is C20H21N3OS. The summed E-state index contributed by atoms with van der Waals surface area (Å²) in [5.41, 5.74) is 3.94. The molecular weight excluding hydrogens is 330 g/mol. The molecule has 0 unspecified atom stereocenters. The topological polar surface area (TPSA) is 46.2 Å². The van der Waals surface area contributed by atoms with E-state index >= 15 is 0 Å². The molecule has 0 spiro atoms. The van der Waals surface area contributed by atoms with E-state index in [0.29, 0.717) is 6.04 Å². The van der Waals surface area contributed by atoms with Gasteiger partial charge in [0, 0.05) is 29.3 Å².